The van der Waals surface area contributed by atoms with Crippen LogP contribution < -0.4 is 14.8 Å². The Morgan fingerprint density at radius 2 is 1.90 bits per heavy atom. The second-order valence-corrected chi connectivity index (χ2v) is 5.34. The highest BCUT2D eigenvalue weighted by atomic mass is 16.5. The van der Waals surface area contributed by atoms with Gasteiger partial charge in [0, 0.05) is 12.6 Å². The number of carbonyl (C=O) groups is 1. The molecule has 0 spiro atoms. The van der Waals surface area contributed by atoms with Gasteiger partial charge in [0.05, 0.1) is 13.0 Å². The Kier molecular flexibility index (Phi) is 5.87. The van der Waals surface area contributed by atoms with Crippen LogP contribution in [0.3, 0.4) is 0 Å². The van der Waals surface area contributed by atoms with Gasteiger partial charge in [0.15, 0.2) is 11.5 Å². The van der Waals surface area contributed by atoms with Gasteiger partial charge in [-0.05, 0) is 37.8 Å². The number of hydrogen-bond donors (Lipinski definition) is 2. The number of carboxylic acids is 1. The molecule has 1 aliphatic carbocycles. The fourth-order valence-electron chi connectivity index (χ4n) is 2.71. The van der Waals surface area contributed by atoms with Gasteiger partial charge in [-0.2, -0.15) is 0 Å². The Hall–Kier alpha value is -1.75. The third kappa shape index (κ3) is 4.63. The van der Waals surface area contributed by atoms with Crippen LogP contribution in [0.2, 0.25) is 0 Å². The standard InChI is InChI=1S/C16H23NO4/c1-20-14-4-2-3-5-15(14)21-11-10-17-13-8-6-12(7-9-13)16(18)19/h2-5,12-13,17H,6-11H2,1H3,(H,18,19). The van der Waals surface area contributed by atoms with E-state index < -0.39 is 5.97 Å². The number of rotatable bonds is 7. The molecule has 0 unspecified atom stereocenters. The molecule has 1 aliphatic rings. The van der Waals surface area contributed by atoms with Crippen LogP contribution in [0.25, 0.3) is 0 Å². The van der Waals surface area contributed by atoms with Gasteiger partial charge < -0.3 is 19.9 Å². The minimum absolute atomic E-state index is 0.159. The van der Waals surface area contributed by atoms with Gasteiger partial charge in [-0.15, -0.1) is 0 Å². The number of aliphatic carboxylic acids is 1. The molecule has 0 radical (unpaired) electrons. The van der Waals surface area contributed by atoms with E-state index in [1.54, 1.807) is 7.11 Å². The highest BCUT2D eigenvalue weighted by Crippen LogP contribution is 2.26. The minimum atomic E-state index is -0.659. The molecular formula is C16H23NO4. The van der Waals surface area contributed by atoms with Crippen molar-refractivity contribution in [2.24, 2.45) is 5.92 Å². The number of carboxylic acid groups (broad SMARTS) is 1. The number of benzene rings is 1. The number of nitrogens with one attached hydrogen (secondary N) is 1. The second-order valence-electron chi connectivity index (χ2n) is 5.34. The van der Waals surface area contributed by atoms with Crippen LogP contribution in [0.1, 0.15) is 25.7 Å². The number of hydrogen-bond acceptors (Lipinski definition) is 4. The van der Waals surface area contributed by atoms with E-state index in [0.29, 0.717) is 12.6 Å². The maximum Gasteiger partial charge on any atom is 0.306 e. The number of para-hydroxylation sites is 2. The summed E-state index contributed by atoms with van der Waals surface area (Å²) in [5.74, 6) is 0.664. The molecule has 1 aromatic carbocycles. The van der Waals surface area contributed by atoms with E-state index in [1.807, 2.05) is 24.3 Å². The average molecular weight is 293 g/mol. The Morgan fingerprint density at radius 3 is 2.52 bits per heavy atom. The van der Waals surface area contributed by atoms with Crippen LogP contribution >= 0.6 is 0 Å². The molecule has 0 amide bonds. The Balaban J connectivity index is 1.65. The maximum absolute atomic E-state index is 10.9. The lowest BCUT2D eigenvalue weighted by Crippen LogP contribution is -2.37. The van der Waals surface area contributed by atoms with Gasteiger partial charge in [0.2, 0.25) is 0 Å². The summed E-state index contributed by atoms with van der Waals surface area (Å²) in [6.45, 7) is 1.32. The molecule has 2 N–H and O–H groups in total. The van der Waals surface area contributed by atoms with E-state index in [0.717, 1.165) is 43.7 Å². The molecule has 0 atom stereocenters. The van der Waals surface area contributed by atoms with Crippen molar-refractivity contribution in [1.29, 1.82) is 0 Å². The number of methoxy groups -OCH3 is 1. The SMILES string of the molecule is COc1ccccc1OCCNC1CCC(C(=O)O)CC1. The van der Waals surface area contributed by atoms with Crippen LogP contribution in [0.4, 0.5) is 0 Å². The molecule has 0 bridgehead atoms. The lowest BCUT2D eigenvalue weighted by Gasteiger charge is -2.26. The molecule has 0 saturated heterocycles. The van der Waals surface area contributed by atoms with E-state index in [-0.39, 0.29) is 5.92 Å². The highest BCUT2D eigenvalue weighted by Gasteiger charge is 2.25. The average Bonchev–Trinajstić information content (AvgIpc) is 2.52. The monoisotopic (exact) mass is 293 g/mol. The molecule has 1 saturated carbocycles. The largest absolute Gasteiger partial charge is 0.493 e. The predicted octanol–water partition coefficient (Wildman–Crippen LogP) is 2.31. The smallest absolute Gasteiger partial charge is 0.306 e. The third-order valence-electron chi connectivity index (χ3n) is 3.94. The Morgan fingerprint density at radius 1 is 1.24 bits per heavy atom. The Bertz CT molecular complexity index is 455. The summed E-state index contributed by atoms with van der Waals surface area (Å²) >= 11 is 0. The zero-order valence-electron chi connectivity index (χ0n) is 12.4. The predicted molar refractivity (Wildman–Crippen MR) is 79.9 cm³/mol. The second kappa shape index (κ2) is 7.88. The van der Waals surface area contributed by atoms with Crippen molar-refractivity contribution in [3.05, 3.63) is 24.3 Å². The first-order valence-corrected chi connectivity index (χ1v) is 7.42. The fourth-order valence-corrected chi connectivity index (χ4v) is 2.71. The molecule has 5 nitrogen and oxygen atoms in total. The summed E-state index contributed by atoms with van der Waals surface area (Å²) in [5.41, 5.74) is 0. The van der Waals surface area contributed by atoms with E-state index >= 15 is 0 Å². The van der Waals surface area contributed by atoms with Crippen molar-refractivity contribution in [1.82, 2.24) is 5.32 Å². The lowest BCUT2D eigenvalue weighted by atomic mass is 9.86. The van der Waals surface area contributed by atoms with E-state index in [1.165, 1.54) is 0 Å². The summed E-state index contributed by atoms with van der Waals surface area (Å²) < 4.78 is 10.9. The van der Waals surface area contributed by atoms with Crippen LogP contribution in [0, 0.1) is 5.92 Å². The molecular weight excluding hydrogens is 270 g/mol. The first-order chi connectivity index (χ1) is 10.2. The van der Waals surface area contributed by atoms with Gasteiger partial charge in [0.1, 0.15) is 6.61 Å². The van der Waals surface area contributed by atoms with Crippen LogP contribution in [-0.2, 0) is 4.79 Å². The van der Waals surface area contributed by atoms with Crippen molar-refractivity contribution in [3.8, 4) is 11.5 Å². The third-order valence-corrected chi connectivity index (χ3v) is 3.94. The molecule has 0 aliphatic heterocycles. The summed E-state index contributed by atoms with van der Waals surface area (Å²) in [4.78, 5) is 10.9. The topological polar surface area (TPSA) is 67.8 Å². The van der Waals surface area contributed by atoms with Crippen molar-refractivity contribution in [2.75, 3.05) is 20.3 Å². The minimum Gasteiger partial charge on any atom is -0.493 e. The van der Waals surface area contributed by atoms with Crippen LogP contribution in [0.15, 0.2) is 24.3 Å². The van der Waals surface area contributed by atoms with Crippen molar-refractivity contribution in [3.63, 3.8) is 0 Å². The number of ether oxygens (including phenoxy) is 2. The van der Waals surface area contributed by atoms with Gasteiger partial charge >= 0.3 is 5.97 Å². The molecule has 21 heavy (non-hydrogen) atoms. The summed E-state index contributed by atoms with van der Waals surface area (Å²) in [6.07, 6.45) is 3.37. The first-order valence-electron chi connectivity index (χ1n) is 7.42. The Labute approximate surface area is 125 Å². The van der Waals surface area contributed by atoms with Crippen LogP contribution in [-0.4, -0.2) is 37.4 Å². The van der Waals surface area contributed by atoms with E-state index in [9.17, 15) is 4.79 Å². The zero-order chi connectivity index (χ0) is 15.1. The highest BCUT2D eigenvalue weighted by molar-refractivity contribution is 5.70. The first kappa shape index (κ1) is 15.6. The molecule has 116 valence electrons. The molecule has 0 heterocycles. The van der Waals surface area contributed by atoms with Crippen molar-refractivity contribution >= 4 is 5.97 Å². The van der Waals surface area contributed by atoms with Crippen molar-refractivity contribution in [2.45, 2.75) is 31.7 Å². The van der Waals surface area contributed by atoms with Crippen molar-refractivity contribution < 1.29 is 19.4 Å². The molecule has 2 rings (SSSR count). The van der Waals surface area contributed by atoms with E-state index in [4.69, 9.17) is 14.6 Å². The van der Waals surface area contributed by atoms with Crippen LogP contribution in [0.5, 0.6) is 11.5 Å². The normalized spacial score (nSPS) is 21.8. The fraction of sp³-hybridized carbons (Fsp3) is 0.562. The zero-order valence-corrected chi connectivity index (χ0v) is 12.4. The molecule has 0 aromatic heterocycles. The lowest BCUT2D eigenvalue weighted by molar-refractivity contribution is -0.142. The van der Waals surface area contributed by atoms with Gasteiger partial charge in [0.25, 0.3) is 0 Å². The maximum atomic E-state index is 10.9. The van der Waals surface area contributed by atoms with Gasteiger partial charge in [-0.25, -0.2) is 0 Å². The molecule has 1 fully saturated rings. The molecule has 1 aromatic rings. The van der Waals surface area contributed by atoms with Gasteiger partial charge in [-0.1, -0.05) is 12.1 Å². The van der Waals surface area contributed by atoms with E-state index in [2.05, 4.69) is 5.32 Å². The summed E-state index contributed by atoms with van der Waals surface area (Å²) in [7, 11) is 1.63. The summed E-state index contributed by atoms with van der Waals surface area (Å²) in [5, 5.41) is 12.4. The quantitative estimate of drug-likeness (QED) is 0.755. The summed E-state index contributed by atoms with van der Waals surface area (Å²) in [6, 6.07) is 7.98. The molecule has 5 heteroatoms. The van der Waals surface area contributed by atoms with Gasteiger partial charge in [-0.3, -0.25) is 4.79 Å².